The predicted molar refractivity (Wildman–Crippen MR) is 36.0 cm³/mol. The molecule has 0 spiro atoms. The van der Waals surface area contributed by atoms with Crippen molar-refractivity contribution in [1.82, 2.24) is 14.8 Å². The van der Waals surface area contributed by atoms with E-state index in [1.807, 2.05) is 0 Å². The van der Waals surface area contributed by atoms with Crippen molar-refractivity contribution in [3.8, 4) is 0 Å². The van der Waals surface area contributed by atoms with Crippen molar-refractivity contribution in [2.24, 2.45) is 0 Å². The minimum atomic E-state index is 0.00806. The predicted octanol–water partition coefficient (Wildman–Crippen LogP) is 0.338. The van der Waals surface area contributed by atoms with E-state index in [1.165, 1.54) is 25.7 Å². The number of carbonyl (C=O) groups excluding carboxylic acids is 1. The number of aromatic nitrogens is 3. The zero-order chi connectivity index (χ0) is 7.40. The van der Waals surface area contributed by atoms with E-state index in [4.69, 9.17) is 0 Å². The van der Waals surface area contributed by atoms with E-state index in [2.05, 4.69) is 10.2 Å². The fraction of sp³-hybridized carbons (Fsp3) is 0.167. The average Bonchev–Trinajstić information content (AvgIpc) is 2.34. The van der Waals surface area contributed by atoms with Crippen LogP contribution in [0.1, 0.15) is 6.92 Å². The number of hydrogen-bond donors (Lipinski definition) is 0. The molecular weight excluding hydrogens is 130 g/mol. The maximum atomic E-state index is 10.4. The summed E-state index contributed by atoms with van der Waals surface area (Å²) in [6.45, 7) is 1.49. The topological polar surface area (TPSA) is 47.8 Å². The largest absolute Gasteiger partial charge is 0.295 e. The summed E-state index contributed by atoms with van der Waals surface area (Å²) in [5, 5.41) is 7.10. The first-order valence-electron chi connectivity index (χ1n) is 2.82. The molecule has 0 amide bonds. The number of nitrogens with zero attached hydrogens (tertiary/aromatic N) is 3. The summed E-state index contributed by atoms with van der Waals surface area (Å²) < 4.78 is 1.60. The molecule has 0 aliphatic heterocycles. The molecule has 0 aliphatic rings. The van der Waals surface area contributed by atoms with Gasteiger partial charge >= 0.3 is 0 Å². The number of allylic oxidation sites excluding steroid dienone is 1. The SMILES string of the molecule is CC(=O)/C=C/n1cnnc1. The van der Waals surface area contributed by atoms with E-state index in [1.54, 1.807) is 10.8 Å². The second-order valence-corrected chi connectivity index (χ2v) is 1.84. The first-order valence-corrected chi connectivity index (χ1v) is 2.82. The standard InChI is InChI=1S/C6H7N3O/c1-6(10)2-3-9-4-7-8-5-9/h2-5H,1H3/b3-2+. The van der Waals surface area contributed by atoms with E-state index in [-0.39, 0.29) is 5.78 Å². The van der Waals surface area contributed by atoms with Gasteiger partial charge in [0.1, 0.15) is 12.7 Å². The normalized spacial score (nSPS) is 10.5. The Morgan fingerprint density at radius 2 is 2.10 bits per heavy atom. The number of carbonyl (C=O) groups is 1. The highest BCUT2D eigenvalue weighted by molar-refractivity contribution is 5.89. The zero-order valence-electron chi connectivity index (χ0n) is 5.56. The lowest BCUT2D eigenvalue weighted by molar-refractivity contribution is -0.112. The molecule has 0 bridgehead atoms. The van der Waals surface area contributed by atoms with Crippen molar-refractivity contribution < 1.29 is 4.79 Å². The molecule has 1 aromatic rings. The van der Waals surface area contributed by atoms with E-state index in [9.17, 15) is 4.79 Å². The van der Waals surface area contributed by atoms with Crippen LogP contribution in [-0.4, -0.2) is 20.5 Å². The summed E-state index contributed by atoms with van der Waals surface area (Å²) in [6.07, 6.45) is 6.07. The van der Waals surface area contributed by atoms with Gasteiger partial charge < -0.3 is 0 Å². The quantitative estimate of drug-likeness (QED) is 0.552. The fourth-order valence-corrected chi connectivity index (χ4v) is 0.477. The Morgan fingerprint density at radius 1 is 1.50 bits per heavy atom. The van der Waals surface area contributed by atoms with Gasteiger partial charge in [-0.25, -0.2) is 0 Å². The smallest absolute Gasteiger partial charge is 0.154 e. The number of rotatable bonds is 2. The Balaban J connectivity index is 2.64. The Kier molecular flexibility index (Phi) is 1.94. The molecule has 0 atom stereocenters. The number of ketones is 1. The van der Waals surface area contributed by atoms with Crippen LogP contribution in [0.4, 0.5) is 0 Å². The lowest BCUT2D eigenvalue weighted by Gasteiger charge is -1.84. The van der Waals surface area contributed by atoms with Gasteiger partial charge in [-0.2, -0.15) is 0 Å². The molecule has 0 aromatic carbocycles. The molecule has 10 heavy (non-hydrogen) atoms. The molecule has 0 N–H and O–H groups in total. The average molecular weight is 137 g/mol. The summed E-state index contributed by atoms with van der Waals surface area (Å²) in [5.41, 5.74) is 0. The third-order valence-electron chi connectivity index (χ3n) is 0.918. The Bertz CT molecular complexity index is 238. The first-order chi connectivity index (χ1) is 4.79. The summed E-state index contributed by atoms with van der Waals surface area (Å²) in [7, 11) is 0. The molecule has 4 nitrogen and oxygen atoms in total. The van der Waals surface area contributed by atoms with E-state index in [0.29, 0.717) is 0 Å². The number of hydrogen-bond acceptors (Lipinski definition) is 3. The monoisotopic (exact) mass is 137 g/mol. The second-order valence-electron chi connectivity index (χ2n) is 1.84. The van der Waals surface area contributed by atoms with Gasteiger partial charge in [0.2, 0.25) is 0 Å². The molecule has 1 rings (SSSR count). The van der Waals surface area contributed by atoms with Crippen LogP contribution in [0.15, 0.2) is 18.7 Å². The van der Waals surface area contributed by atoms with Crippen LogP contribution in [0, 0.1) is 0 Å². The molecule has 0 saturated heterocycles. The van der Waals surface area contributed by atoms with Crippen LogP contribution in [0.25, 0.3) is 6.20 Å². The van der Waals surface area contributed by atoms with Crippen LogP contribution in [-0.2, 0) is 4.79 Å². The van der Waals surface area contributed by atoms with Crippen LogP contribution < -0.4 is 0 Å². The van der Waals surface area contributed by atoms with Crippen molar-refractivity contribution in [1.29, 1.82) is 0 Å². The van der Waals surface area contributed by atoms with Crippen molar-refractivity contribution in [3.63, 3.8) is 0 Å². The Hall–Kier alpha value is -1.45. The molecule has 0 saturated carbocycles. The first kappa shape index (κ1) is 6.67. The summed E-state index contributed by atoms with van der Waals surface area (Å²) in [5.74, 6) is 0.00806. The molecule has 0 fully saturated rings. The molecule has 0 radical (unpaired) electrons. The zero-order valence-corrected chi connectivity index (χ0v) is 5.56. The van der Waals surface area contributed by atoms with E-state index in [0.717, 1.165) is 0 Å². The van der Waals surface area contributed by atoms with Crippen molar-refractivity contribution >= 4 is 12.0 Å². The van der Waals surface area contributed by atoms with Gasteiger partial charge in [-0.3, -0.25) is 9.36 Å². The molecule has 0 aliphatic carbocycles. The van der Waals surface area contributed by atoms with Crippen LogP contribution >= 0.6 is 0 Å². The fourth-order valence-electron chi connectivity index (χ4n) is 0.477. The van der Waals surface area contributed by atoms with Crippen molar-refractivity contribution in [3.05, 3.63) is 18.7 Å². The highest BCUT2D eigenvalue weighted by Gasteiger charge is 1.83. The molecule has 0 unspecified atom stereocenters. The third-order valence-corrected chi connectivity index (χ3v) is 0.918. The maximum Gasteiger partial charge on any atom is 0.154 e. The highest BCUT2D eigenvalue weighted by Crippen LogP contribution is 1.83. The van der Waals surface area contributed by atoms with Crippen LogP contribution in [0.5, 0.6) is 0 Å². The molecule has 52 valence electrons. The van der Waals surface area contributed by atoms with Crippen molar-refractivity contribution in [2.75, 3.05) is 0 Å². The molecular formula is C6H7N3O. The van der Waals surface area contributed by atoms with Gasteiger partial charge in [-0.05, 0) is 13.0 Å². The minimum absolute atomic E-state index is 0.00806. The summed E-state index contributed by atoms with van der Waals surface area (Å²) in [4.78, 5) is 10.4. The lowest BCUT2D eigenvalue weighted by atomic mass is 10.4. The second kappa shape index (κ2) is 2.91. The van der Waals surface area contributed by atoms with Gasteiger partial charge in [0, 0.05) is 6.20 Å². The maximum absolute atomic E-state index is 10.4. The van der Waals surface area contributed by atoms with E-state index >= 15 is 0 Å². The molecule has 4 heteroatoms. The van der Waals surface area contributed by atoms with E-state index < -0.39 is 0 Å². The third kappa shape index (κ3) is 1.81. The summed E-state index contributed by atoms with van der Waals surface area (Å²) in [6, 6.07) is 0. The Morgan fingerprint density at radius 3 is 2.60 bits per heavy atom. The molecule has 1 aromatic heterocycles. The van der Waals surface area contributed by atoms with Gasteiger partial charge in [0.05, 0.1) is 0 Å². The van der Waals surface area contributed by atoms with Gasteiger partial charge in [-0.1, -0.05) is 0 Å². The highest BCUT2D eigenvalue weighted by atomic mass is 16.1. The van der Waals surface area contributed by atoms with Crippen LogP contribution in [0.3, 0.4) is 0 Å². The lowest BCUT2D eigenvalue weighted by Crippen LogP contribution is -1.84. The van der Waals surface area contributed by atoms with Crippen LogP contribution in [0.2, 0.25) is 0 Å². The minimum Gasteiger partial charge on any atom is -0.295 e. The Labute approximate surface area is 58.2 Å². The van der Waals surface area contributed by atoms with Gasteiger partial charge in [-0.15, -0.1) is 10.2 Å². The van der Waals surface area contributed by atoms with Crippen molar-refractivity contribution in [2.45, 2.75) is 6.92 Å². The van der Waals surface area contributed by atoms with Gasteiger partial charge in [0.25, 0.3) is 0 Å². The molecule has 1 heterocycles. The summed E-state index contributed by atoms with van der Waals surface area (Å²) >= 11 is 0. The van der Waals surface area contributed by atoms with Gasteiger partial charge in [0.15, 0.2) is 5.78 Å².